The number of nitrogens with zero attached hydrogens (tertiary/aromatic N) is 2. The Labute approximate surface area is 168 Å². The highest BCUT2D eigenvalue weighted by Crippen LogP contribution is 2.26. The number of aromatic amines is 1. The second-order valence-electron chi connectivity index (χ2n) is 7.03. The number of benzene rings is 1. The van der Waals surface area contributed by atoms with Crippen LogP contribution in [0.15, 0.2) is 52.1 Å². The summed E-state index contributed by atoms with van der Waals surface area (Å²) in [6.45, 7) is 0.607. The number of carbonyl (C=O) groups excluding carboxylic acids is 1. The van der Waals surface area contributed by atoms with Gasteiger partial charge in [0.05, 0.1) is 19.7 Å². The van der Waals surface area contributed by atoms with E-state index in [0.29, 0.717) is 12.8 Å². The number of nitrogens with one attached hydrogen (secondary N) is 1. The lowest BCUT2D eigenvalue weighted by atomic mass is 9.92. The molecule has 1 heterocycles. The van der Waals surface area contributed by atoms with Crippen molar-refractivity contribution in [3.8, 4) is 0 Å². The molecule has 1 atom stereocenters. The van der Waals surface area contributed by atoms with E-state index in [4.69, 9.17) is 10.5 Å². The van der Waals surface area contributed by atoms with Gasteiger partial charge in [0.1, 0.15) is 5.82 Å². The van der Waals surface area contributed by atoms with E-state index in [2.05, 4.69) is 11.1 Å². The lowest BCUT2D eigenvalue weighted by molar-refractivity contribution is -0.122. The molecule has 0 saturated carbocycles. The first kappa shape index (κ1) is 20.6. The maximum atomic E-state index is 13.4. The zero-order chi connectivity index (χ0) is 20.8. The highest BCUT2D eigenvalue weighted by atomic mass is 16.5. The zero-order valence-electron chi connectivity index (χ0n) is 16.5. The van der Waals surface area contributed by atoms with Gasteiger partial charge in [0.25, 0.3) is 5.56 Å². The molecule has 1 amide bonds. The van der Waals surface area contributed by atoms with Crippen LogP contribution in [0.25, 0.3) is 0 Å². The maximum absolute atomic E-state index is 13.4. The molecule has 3 N–H and O–H groups in total. The van der Waals surface area contributed by atoms with Gasteiger partial charge < -0.3 is 10.5 Å². The van der Waals surface area contributed by atoms with Gasteiger partial charge in [0.15, 0.2) is 5.69 Å². The molecular formula is C21H26N4O4. The van der Waals surface area contributed by atoms with Gasteiger partial charge in [-0.2, -0.15) is 0 Å². The summed E-state index contributed by atoms with van der Waals surface area (Å²) in [5.74, 6) is -0.444. The summed E-state index contributed by atoms with van der Waals surface area (Å²) >= 11 is 0. The normalized spacial score (nSPS) is 16.0. The van der Waals surface area contributed by atoms with Crippen molar-refractivity contribution >= 4 is 17.4 Å². The number of hydrogen-bond acceptors (Lipinski definition) is 5. The minimum atomic E-state index is -0.670. The number of hydrogen-bond donors (Lipinski definition) is 2. The number of nitrogens with two attached hydrogens (primary N) is 1. The highest BCUT2D eigenvalue weighted by molar-refractivity contribution is 5.97. The number of carbonyl (C=O) groups is 1. The van der Waals surface area contributed by atoms with Crippen LogP contribution in [-0.4, -0.2) is 29.2 Å². The van der Waals surface area contributed by atoms with Gasteiger partial charge in [-0.1, -0.05) is 42.5 Å². The maximum Gasteiger partial charge on any atom is 0.330 e. The van der Waals surface area contributed by atoms with Crippen molar-refractivity contribution in [2.24, 2.45) is 5.92 Å². The van der Waals surface area contributed by atoms with Crippen LogP contribution in [0, 0.1) is 5.92 Å². The van der Waals surface area contributed by atoms with E-state index in [1.54, 1.807) is 0 Å². The second-order valence-corrected chi connectivity index (χ2v) is 7.03. The molecular weight excluding hydrogens is 372 g/mol. The molecule has 1 aliphatic carbocycles. The molecule has 2 aromatic rings. The Morgan fingerprint density at radius 2 is 2.03 bits per heavy atom. The van der Waals surface area contributed by atoms with Gasteiger partial charge in [0, 0.05) is 13.0 Å². The quantitative estimate of drug-likeness (QED) is 0.689. The molecule has 154 valence electrons. The van der Waals surface area contributed by atoms with Crippen molar-refractivity contribution in [1.82, 2.24) is 9.55 Å². The molecule has 29 heavy (non-hydrogen) atoms. The molecule has 0 spiro atoms. The number of aromatic nitrogens is 2. The molecule has 0 aliphatic heterocycles. The summed E-state index contributed by atoms with van der Waals surface area (Å²) in [5.41, 5.74) is 5.80. The molecule has 0 saturated heterocycles. The third-order valence-corrected chi connectivity index (χ3v) is 5.07. The Kier molecular flexibility index (Phi) is 6.66. The molecule has 0 radical (unpaired) electrons. The lowest BCUT2D eigenvalue weighted by Crippen LogP contribution is -2.43. The minimum Gasteiger partial charge on any atom is -0.383 e. The molecule has 8 nitrogen and oxygen atoms in total. The van der Waals surface area contributed by atoms with Crippen LogP contribution in [0.3, 0.4) is 0 Å². The van der Waals surface area contributed by atoms with E-state index in [9.17, 15) is 14.4 Å². The SMILES string of the molecule is COCCn1c(N)c(N(Cc2ccccc2)C(=O)C2CC=CCC2)c(=O)[nH]c1=O. The highest BCUT2D eigenvalue weighted by Gasteiger charge is 2.30. The third-order valence-electron chi connectivity index (χ3n) is 5.07. The number of allylic oxidation sites excluding steroid dienone is 2. The first-order chi connectivity index (χ1) is 14.0. The van der Waals surface area contributed by atoms with Crippen LogP contribution in [-0.2, 0) is 22.6 Å². The fourth-order valence-electron chi connectivity index (χ4n) is 3.51. The number of H-pyrrole nitrogens is 1. The van der Waals surface area contributed by atoms with E-state index in [0.717, 1.165) is 12.0 Å². The molecule has 0 bridgehead atoms. The average molecular weight is 398 g/mol. The predicted octanol–water partition coefficient (Wildman–Crippen LogP) is 1.65. The summed E-state index contributed by atoms with van der Waals surface area (Å²) < 4.78 is 6.26. The first-order valence-electron chi connectivity index (χ1n) is 9.64. The summed E-state index contributed by atoms with van der Waals surface area (Å²) in [6, 6.07) is 9.38. The fourth-order valence-corrected chi connectivity index (χ4v) is 3.51. The van der Waals surface area contributed by atoms with Gasteiger partial charge in [-0.05, 0) is 24.8 Å². The Bertz CT molecular complexity index is 994. The number of methoxy groups -OCH3 is 1. The Morgan fingerprint density at radius 3 is 2.69 bits per heavy atom. The van der Waals surface area contributed by atoms with Crippen LogP contribution in [0.4, 0.5) is 11.5 Å². The average Bonchev–Trinajstić information content (AvgIpc) is 2.73. The first-order valence-corrected chi connectivity index (χ1v) is 9.64. The third kappa shape index (κ3) is 4.65. The van der Waals surface area contributed by atoms with Gasteiger partial charge in [-0.25, -0.2) is 4.79 Å². The lowest BCUT2D eigenvalue weighted by Gasteiger charge is -2.29. The van der Waals surface area contributed by atoms with Gasteiger partial charge >= 0.3 is 5.69 Å². The summed E-state index contributed by atoms with van der Waals surface area (Å²) in [6.07, 6.45) is 6.18. The standard InChI is InChI=1S/C21H26N4O4/c1-29-13-12-24-18(22)17(19(26)23-21(24)28)25(14-15-8-4-2-5-9-15)20(27)16-10-6-3-7-11-16/h2-6,8-9,16H,7,10-14,22H2,1H3,(H,23,26,28). The number of nitrogen functional groups attached to an aromatic ring is 1. The van der Waals surface area contributed by atoms with Crippen molar-refractivity contribution in [1.29, 1.82) is 0 Å². The van der Waals surface area contributed by atoms with Crippen LogP contribution in [0.1, 0.15) is 24.8 Å². The number of amides is 1. The number of rotatable bonds is 7. The van der Waals surface area contributed by atoms with E-state index in [1.165, 1.54) is 16.6 Å². The van der Waals surface area contributed by atoms with Crippen LogP contribution in [0.5, 0.6) is 0 Å². The number of ether oxygens (including phenoxy) is 1. The van der Waals surface area contributed by atoms with Crippen LogP contribution >= 0.6 is 0 Å². The van der Waals surface area contributed by atoms with Gasteiger partial charge in [-0.3, -0.25) is 24.0 Å². The zero-order valence-corrected chi connectivity index (χ0v) is 16.5. The Balaban J connectivity index is 2.07. The topological polar surface area (TPSA) is 110 Å². The van der Waals surface area contributed by atoms with E-state index in [1.807, 2.05) is 36.4 Å². The molecule has 1 aromatic heterocycles. The smallest absolute Gasteiger partial charge is 0.330 e. The molecule has 1 aromatic carbocycles. The van der Waals surface area contributed by atoms with Crippen molar-refractivity contribution in [3.63, 3.8) is 0 Å². The van der Waals surface area contributed by atoms with Crippen LogP contribution in [0.2, 0.25) is 0 Å². The van der Waals surface area contributed by atoms with Crippen molar-refractivity contribution in [2.45, 2.75) is 32.4 Å². The summed E-state index contributed by atoms with van der Waals surface area (Å²) in [7, 11) is 1.51. The second kappa shape index (κ2) is 9.38. The minimum absolute atomic E-state index is 0.00380. The van der Waals surface area contributed by atoms with Crippen molar-refractivity contribution in [3.05, 3.63) is 68.9 Å². The van der Waals surface area contributed by atoms with Gasteiger partial charge in [0.2, 0.25) is 5.91 Å². The predicted molar refractivity (Wildman–Crippen MR) is 112 cm³/mol. The Hall–Kier alpha value is -3.13. The Morgan fingerprint density at radius 1 is 1.28 bits per heavy atom. The van der Waals surface area contributed by atoms with Gasteiger partial charge in [-0.15, -0.1) is 0 Å². The molecule has 1 unspecified atom stereocenters. The van der Waals surface area contributed by atoms with E-state index < -0.39 is 11.2 Å². The largest absolute Gasteiger partial charge is 0.383 e. The van der Waals surface area contributed by atoms with E-state index >= 15 is 0 Å². The molecule has 8 heteroatoms. The monoisotopic (exact) mass is 398 g/mol. The summed E-state index contributed by atoms with van der Waals surface area (Å²) in [5, 5.41) is 0. The number of anilines is 2. The van der Waals surface area contributed by atoms with Crippen molar-refractivity contribution < 1.29 is 9.53 Å². The van der Waals surface area contributed by atoms with Crippen molar-refractivity contribution in [2.75, 3.05) is 24.4 Å². The molecule has 1 aliphatic rings. The molecule has 3 rings (SSSR count). The van der Waals surface area contributed by atoms with Crippen LogP contribution < -0.4 is 21.9 Å². The summed E-state index contributed by atoms with van der Waals surface area (Å²) in [4.78, 5) is 42.0. The molecule has 0 fully saturated rings. The van der Waals surface area contributed by atoms with E-state index in [-0.39, 0.29) is 43.0 Å². The fraction of sp³-hybridized carbons (Fsp3) is 0.381.